The van der Waals surface area contributed by atoms with Gasteiger partial charge >= 0.3 is 6.09 Å². The van der Waals surface area contributed by atoms with Gasteiger partial charge in [0.1, 0.15) is 0 Å². The van der Waals surface area contributed by atoms with Gasteiger partial charge in [-0.05, 0) is 25.8 Å². The Morgan fingerprint density at radius 2 is 1.87 bits per heavy atom. The summed E-state index contributed by atoms with van der Waals surface area (Å²) >= 11 is 4.48. The van der Waals surface area contributed by atoms with Gasteiger partial charge in [0.05, 0.1) is 0 Å². The number of amides is 1. The average Bonchev–Trinajstić information content (AvgIpc) is 2.65. The Morgan fingerprint density at radius 1 is 1.20 bits per heavy atom. The number of thiol groups is 1. The van der Waals surface area contributed by atoms with Crippen molar-refractivity contribution < 1.29 is 9.90 Å². The molecule has 0 aromatic carbocycles. The molecule has 0 aromatic rings. The van der Waals surface area contributed by atoms with Crippen molar-refractivity contribution in [2.24, 2.45) is 0 Å². The second kappa shape index (κ2) is 4.61. The monoisotopic (exact) mass is 230 g/mol. The predicted molar refractivity (Wildman–Crippen MR) is 61.6 cm³/mol. The lowest BCUT2D eigenvalue weighted by atomic mass is 10.0. The van der Waals surface area contributed by atoms with Crippen molar-refractivity contribution in [2.45, 2.75) is 30.6 Å². The molecule has 2 rings (SSSR count). The lowest BCUT2D eigenvalue weighted by Gasteiger charge is -2.35. The van der Waals surface area contributed by atoms with Crippen LogP contribution in [0, 0.1) is 0 Å². The van der Waals surface area contributed by atoms with Crippen LogP contribution < -0.4 is 0 Å². The maximum absolute atomic E-state index is 10.7. The first kappa shape index (κ1) is 11.1. The average molecular weight is 230 g/mol. The number of nitrogens with zero attached hydrogens (tertiary/aromatic N) is 2. The zero-order valence-corrected chi connectivity index (χ0v) is 9.70. The van der Waals surface area contributed by atoms with Crippen molar-refractivity contribution in [3.05, 3.63) is 0 Å². The second-order valence-electron chi connectivity index (χ2n) is 4.44. The molecule has 2 aliphatic heterocycles. The molecule has 2 saturated heterocycles. The fourth-order valence-corrected chi connectivity index (χ4v) is 2.85. The van der Waals surface area contributed by atoms with Gasteiger partial charge in [-0.2, -0.15) is 12.6 Å². The van der Waals surface area contributed by atoms with Gasteiger partial charge in [0.2, 0.25) is 0 Å². The molecule has 0 bridgehead atoms. The van der Waals surface area contributed by atoms with E-state index >= 15 is 0 Å². The van der Waals surface area contributed by atoms with E-state index in [0.29, 0.717) is 24.4 Å². The van der Waals surface area contributed by atoms with E-state index in [1.807, 2.05) is 0 Å². The molecule has 4 nitrogen and oxygen atoms in total. The van der Waals surface area contributed by atoms with Crippen LogP contribution in [0.15, 0.2) is 0 Å². The van der Waals surface area contributed by atoms with Crippen LogP contribution in [0.4, 0.5) is 4.79 Å². The molecule has 15 heavy (non-hydrogen) atoms. The quantitative estimate of drug-likeness (QED) is 0.664. The fourth-order valence-electron chi connectivity index (χ4n) is 2.52. The molecule has 5 heteroatoms. The summed E-state index contributed by atoms with van der Waals surface area (Å²) in [6, 6.07) is 0.581. The molecular formula is C10H18N2O2S. The Morgan fingerprint density at radius 3 is 2.33 bits per heavy atom. The first-order valence-electron chi connectivity index (χ1n) is 5.57. The first-order valence-corrected chi connectivity index (χ1v) is 6.08. The van der Waals surface area contributed by atoms with E-state index in [1.165, 1.54) is 11.3 Å². The zero-order valence-electron chi connectivity index (χ0n) is 8.80. The number of rotatable bonds is 1. The van der Waals surface area contributed by atoms with Crippen LogP contribution >= 0.6 is 12.6 Å². The van der Waals surface area contributed by atoms with Crippen LogP contribution in [0.2, 0.25) is 0 Å². The molecule has 2 fully saturated rings. The summed E-state index contributed by atoms with van der Waals surface area (Å²) in [5, 5.41) is 9.35. The number of hydrogen-bond acceptors (Lipinski definition) is 3. The molecular weight excluding hydrogens is 212 g/mol. The summed E-state index contributed by atoms with van der Waals surface area (Å²) in [5.41, 5.74) is 0. The van der Waals surface area contributed by atoms with Gasteiger partial charge in [0.25, 0.3) is 0 Å². The Hall–Kier alpha value is -0.420. The molecule has 0 radical (unpaired) electrons. The summed E-state index contributed by atoms with van der Waals surface area (Å²) in [6.45, 7) is 3.58. The second-order valence-corrected chi connectivity index (χ2v) is 5.17. The summed E-state index contributed by atoms with van der Waals surface area (Å²) in [4.78, 5) is 14.7. The smallest absolute Gasteiger partial charge is 0.407 e. The van der Waals surface area contributed by atoms with E-state index in [1.54, 1.807) is 0 Å². The predicted octanol–water partition coefficient (Wildman–Crippen LogP) is 1.13. The number of piperidine rings is 1. The maximum Gasteiger partial charge on any atom is 0.407 e. The van der Waals surface area contributed by atoms with E-state index in [2.05, 4.69) is 17.5 Å². The third-order valence-electron chi connectivity index (χ3n) is 3.45. The van der Waals surface area contributed by atoms with E-state index in [9.17, 15) is 4.79 Å². The lowest BCUT2D eigenvalue weighted by molar-refractivity contribution is 0.105. The molecule has 86 valence electrons. The molecule has 0 aliphatic carbocycles. The molecule has 0 unspecified atom stereocenters. The molecule has 1 amide bonds. The molecule has 1 N–H and O–H groups in total. The largest absolute Gasteiger partial charge is 0.465 e. The summed E-state index contributed by atoms with van der Waals surface area (Å²) in [6.07, 6.45) is 2.35. The SMILES string of the molecule is O=C(O)N1CCC(N2CC[C@@H](S)C2)CC1. The molecule has 2 heterocycles. The molecule has 1 atom stereocenters. The van der Waals surface area contributed by atoms with Crippen molar-refractivity contribution in [1.29, 1.82) is 0 Å². The van der Waals surface area contributed by atoms with Gasteiger partial charge in [-0.3, -0.25) is 4.90 Å². The van der Waals surface area contributed by atoms with Crippen molar-refractivity contribution >= 4 is 18.7 Å². The van der Waals surface area contributed by atoms with E-state index in [-0.39, 0.29) is 0 Å². The minimum absolute atomic E-state index is 0.516. The Kier molecular flexibility index (Phi) is 3.41. The zero-order chi connectivity index (χ0) is 10.8. The standard InChI is InChI=1S/C10H18N2O2S/c13-10(14)11-4-1-8(2-5-11)12-6-3-9(15)7-12/h8-9,15H,1-7H2,(H,13,14)/t9-/m1/s1. The van der Waals surface area contributed by atoms with Crippen molar-refractivity contribution in [1.82, 2.24) is 9.80 Å². The van der Waals surface area contributed by atoms with Crippen molar-refractivity contribution in [2.75, 3.05) is 26.2 Å². The van der Waals surface area contributed by atoms with E-state index < -0.39 is 6.09 Å². The molecule has 0 aromatic heterocycles. The third kappa shape index (κ3) is 2.58. The van der Waals surface area contributed by atoms with Crippen LogP contribution in [0.25, 0.3) is 0 Å². The maximum atomic E-state index is 10.7. The van der Waals surface area contributed by atoms with Crippen LogP contribution in [0.5, 0.6) is 0 Å². The van der Waals surface area contributed by atoms with Crippen molar-refractivity contribution in [3.63, 3.8) is 0 Å². The first-order chi connectivity index (χ1) is 7.16. The molecule has 0 saturated carbocycles. The van der Waals surface area contributed by atoms with Gasteiger partial charge in [-0.1, -0.05) is 0 Å². The number of likely N-dealkylation sites (tertiary alicyclic amines) is 2. The van der Waals surface area contributed by atoms with Gasteiger partial charge in [0, 0.05) is 30.9 Å². The van der Waals surface area contributed by atoms with E-state index in [4.69, 9.17) is 5.11 Å². The molecule has 2 aliphatic rings. The molecule has 0 spiro atoms. The number of carbonyl (C=O) groups is 1. The van der Waals surface area contributed by atoms with Gasteiger partial charge in [0.15, 0.2) is 0 Å². The lowest BCUT2D eigenvalue weighted by Crippen LogP contribution is -2.45. The summed E-state index contributed by atoms with van der Waals surface area (Å²) in [5.74, 6) is 0. The minimum Gasteiger partial charge on any atom is -0.465 e. The number of carboxylic acid groups (broad SMARTS) is 1. The highest BCUT2D eigenvalue weighted by molar-refractivity contribution is 7.81. The number of hydrogen-bond donors (Lipinski definition) is 2. The van der Waals surface area contributed by atoms with Gasteiger partial charge in [-0.15, -0.1) is 0 Å². The highest BCUT2D eigenvalue weighted by Crippen LogP contribution is 2.23. The van der Waals surface area contributed by atoms with Gasteiger partial charge in [-0.25, -0.2) is 4.79 Å². The topological polar surface area (TPSA) is 43.8 Å². The highest BCUT2D eigenvalue weighted by atomic mass is 32.1. The van der Waals surface area contributed by atoms with Crippen LogP contribution in [0.1, 0.15) is 19.3 Å². The summed E-state index contributed by atoms with van der Waals surface area (Å²) < 4.78 is 0. The third-order valence-corrected chi connectivity index (χ3v) is 3.87. The Bertz CT molecular complexity index is 242. The van der Waals surface area contributed by atoms with Crippen molar-refractivity contribution in [3.8, 4) is 0 Å². The van der Waals surface area contributed by atoms with Crippen LogP contribution in [0.3, 0.4) is 0 Å². The van der Waals surface area contributed by atoms with Crippen LogP contribution in [-0.2, 0) is 0 Å². The Balaban J connectivity index is 1.80. The fraction of sp³-hybridized carbons (Fsp3) is 0.900. The van der Waals surface area contributed by atoms with Gasteiger partial charge < -0.3 is 10.0 Å². The van der Waals surface area contributed by atoms with E-state index in [0.717, 1.165) is 25.9 Å². The Labute approximate surface area is 95.6 Å². The summed E-state index contributed by atoms with van der Waals surface area (Å²) in [7, 11) is 0. The van der Waals surface area contributed by atoms with Crippen LogP contribution in [-0.4, -0.2) is 58.5 Å². The minimum atomic E-state index is -0.776. The highest BCUT2D eigenvalue weighted by Gasteiger charge is 2.30. The normalized spacial score (nSPS) is 29.7.